The van der Waals surface area contributed by atoms with Crippen LogP contribution in [-0.2, 0) is 4.74 Å². The zero-order valence-electron chi connectivity index (χ0n) is 11.1. The fraction of sp³-hybridized carbons (Fsp3) is 1.00. The fourth-order valence-corrected chi connectivity index (χ4v) is 3.57. The summed E-state index contributed by atoms with van der Waals surface area (Å²) < 4.78 is 5.49. The Bertz CT molecular complexity index is 261. The molecule has 2 heterocycles. The van der Waals surface area contributed by atoms with Crippen LogP contribution in [0.3, 0.4) is 0 Å². The lowest BCUT2D eigenvalue weighted by molar-refractivity contribution is 0.0269. The molecule has 3 nitrogen and oxygen atoms in total. The molecule has 0 amide bonds. The molecular formula is C14H26N2O. The van der Waals surface area contributed by atoms with E-state index in [1.807, 2.05) is 0 Å². The maximum atomic E-state index is 5.49. The maximum Gasteiger partial charge on any atom is 0.0480 e. The molecule has 0 spiro atoms. The van der Waals surface area contributed by atoms with Gasteiger partial charge in [0.1, 0.15) is 0 Å². The van der Waals surface area contributed by atoms with E-state index < -0.39 is 0 Å². The standard InChI is InChI=1S/C14H26N2O/c1-14(12-3-4-12)11-16(8-2-7-15-14)13-5-9-17-10-6-13/h12-13,15H,2-11H2,1H3. The molecule has 1 unspecified atom stereocenters. The highest BCUT2D eigenvalue weighted by molar-refractivity contribution is 5.01. The van der Waals surface area contributed by atoms with Gasteiger partial charge < -0.3 is 10.1 Å². The normalized spacial score (nSPS) is 37.9. The van der Waals surface area contributed by atoms with Crippen molar-refractivity contribution in [2.75, 3.05) is 32.8 Å². The van der Waals surface area contributed by atoms with Crippen LogP contribution in [0, 0.1) is 5.92 Å². The number of ether oxygens (including phenoxy) is 1. The van der Waals surface area contributed by atoms with Crippen LogP contribution in [0.2, 0.25) is 0 Å². The molecule has 0 aromatic heterocycles. The lowest BCUT2D eigenvalue weighted by Crippen LogP contribution is -2.53. The molecule has 1 aliphatic carbocycles. The first-order valence-corrected chi connectivity index (χ1v) is 7.35. The fourth-order valence-electron chi connectivity index (χ4n) is 3.57. The van der Waals surface area contributed by atoms with Crippen LogP contribution in [0.1, 0.15) is 39.0 Å². The van der Waals surface area contributed by atoms with Crippen molar-refractivity contribution in [3.63, 3.8) is 0 Å². The molecule has 3 fully saturated rings. The number of hydrogen-bond acceptors (Lipinski definition) is 3. The minimum atomic E-state index is 0.384. The number of nitrogens with one attached hydrogen (secondary N) is 1. The third-order valence-corrected chi connectivity index (χ3v) is 4.87. The Morgan fingerprint density at radius 3 is 2.65 bits per heavy atom. The third-order valence-electron chi connectivity index (χ3n) is 4.87. The zero-order chi connectivity index (χ0) is 11.7. The first kappa shape index (κ1) is 11.9. The van der Waals surface area contributed by atoms with Crippen LogP contribution in [0.15, 0.2) is 0 Å². The highest BCUT2D eigenvalue weighted by atomic mass is 16.5. The summed E-state index contributed by atoms with van der Waals surface area (Å²) in [6, 6.07) is 0.779. The molecule has 3 aliphatic rings. The van der Waals surface area contributed by atoms with Crippen LogP contribution >= 0.6 is 0 Å². The van der Waals surface area contributed by atoms with Gasteiger partial charge in [-0.2, -0.15) is 0 Å². The van der Waals surface area contributed by atoms with E-state index in [9.17, 15) is 0 Å². The van der Waals surface area contributed by atoms with Crippen molar-refractivity contribution in [3.05, 3.63) is 0 Å². The van der Waals surface area contributed by atoms with Crippen molar-refractivity contribution < 1.29 is 4.74 Å². The van der Waals surface area contributed by atoms with Crippen LogP contribution < -0.4 is 5.32 Å². The number of hydrogen-bond donors (Lipinski definition) is 1. The Balaban J connectivity index is 1.66. The summed E-state index contributed by atoms with van der Waals surface area (Å²) in [6.45, 7) is 8.11. The Hall–Kier alpha value is -0.120. The average Bonchev–Trinajstić information content (AvgIpc) is 3.17. The van der Waals surface area contributed by atoms with Crippen molar-refractivity contribution in [3.8, 4) is 0 Å². The second kappa shape index (κ2) is 4.87. The van der Waals surface area contributed by atoms with E-state index in [0.717, 1.165) is 25.2 Å². The topological polar surface area (TPSA) is 24.5 Å². The quantitative estimate of drug-likeness (QED) is 0.791. The van der Waals surface area contributed by atoms with Gasteiger partial charge in [-0.3, -0.25) is 4.90 Å². The molecule has 1 saturated carbocycles. The SMILES string of the molecule is CC1(C2CC2)CN(C2CCOCC2)CCCN1. The molecule has 1 atom stereocenters. The highest BCUT2D eigenvalue weighted by Gasteiger charge is 2.43. The van der Waals surface area contributed by atoms with E-state index in [4.69, 9.17) is 4.74 Å². The third kappa shape index (κ3) is 2.67. The zero-order valence-corrected chi connectivity index (χ0v) is 11.1. The summed E-state index contributed by atoms with van der Waals surface area (Å²) in [5.74, 6) is 0.933. The van der Waals surface area contributed by atoms with E-state index in [1.165, 1.54) is 51.7 Å². The Labute approximate surface area is 105 Å². The van der Waals surface area contributed by atoms with Gasteiger partial charge in [0.2, 0.25) is 0 Å². The summed E-state index contributed by atoms with van der Waals surface area (Å²) in [4.78, 5) is 2.75. The molecule has 3 heteroatoms. The second-order valence-electron chi connectivity index (χ2n) is 6.29. The maximum absolute atomic E-state index is 5.49. The minimum absolute atomic E-state index is 0.384. The first-order valence-electron chi connectivity index (χ1n) is 7.35. The summed E-state index contributed by atoms with van der Waals surface area (Å²) in [7, 11) is 0. The van der Waals surface area contributed by atoms with Crippen molar-refractivity contribution in [1.82, 2.24) is 10.2 Å². The monoisotopic (exact) mass is 238 g/mol. The lowest BCUT2D eigenvalue weighted by Gasteiger charge is -2.39. The summed E-state index contributed by atoms with van der Waals surface area (Å²) in [6.07, 6.45) is 6.65. The lowest BCUT2D eigenvalue weighted by atomic mass is 9.94. The van der Waals surface area contributed by atoms with E-state index >= 15 is 0 Å². The number of nitrogens with zero attached hydrogens (tertiary/aromatic N) is 1. The molecule has 1 N–H and O–H groups in total. The van der Waals surface area contributed by atoms with E-state index in [-0.39, 0.29) is 0 Å². The molecule has 3 rings (SSSR count). The van der Waals surface area contributed by atoms with Crippen molar-refractivity contribution in [2.24, 2.45) is 5.92 Å². The molecule has 2 aliphatic heterocycles. The smallest absolute Gasteiger partial charge is 0.0480 e. The molecule has 2 saturated heterocycles. The molecular weight excluding hydrogens is 212 g/mol. The molecule has 0 aromatic carbocycles. The Morgan fingerprint density at radius 2 is 1.94 bits per heavy atom. The Kier molecular flexibility index (Phi) is 3.42. The van der Waals surface area contributed by atoms with Crippen LogP contribution in [0.4, 0.5) is 0 Å². The van der Waals surface area contributed by atoms with Gasteiger partial charge in [0, 0.05) is 31.3 Å². The van der Waals surface area contributed by atoms with Gasteiger partial charge >= 0.3 is 0 Å². The Morgan fingerprint density at radius 1 is 1.18 bits per heavy atom. The van der Waals surface area contributed by atoms with Gasteiger partial charge in [-0.25, -0.2) is 0 Å². The molecule has 0 bridgehead atoms. The second-order valence-corrected chi connectivity index (χ2v) is 6.29. The van der Waals surface area contributed by atoms with Crippen LogP contribution in [0.25, 0.3) is 0 Å². The predicted molar refractivity (Wildman–Crippen MR) is 69.2 cm³/mol. The van der Waals surface area contributed by atoms with Crippen molar-refractivity contribution >= 4 is 0 Å². The minimum Gasteiger partial charge on any atom is -0.381 e. The molecule has 0 aromatic rings. The van der Waals surface area contributed by atoms with Crippen molar-refractivity contribution in [1.29, 1.82) is 0 Å². The molecule has 98 valence electrons. The first-order chi connectivity index (χ1) is 8.28. The van der Waals surface area contributed by atoms with Gasteiger partial charge in [0.25, 0.3) is 0 Å². The van der Waals surface area contributed by atoms with Gasteiger partial charge in [-0.1, -0.05) is 0 Å². The van der Waals surface area contributed by atoms with Gasteiger partial charge in [-0.05, 0) is 58.0 Å². The van der Waals surface area contributed by atoms with E-state index in [1.54, 1.807) is 0 Å². The van der Waals surface area contributed by atoms with Crippen LogP contribution in [-0.4, -0.2) is 49.3 Å². The van der Waals surface area contributed by atoms with Gasteiger partial charge in [-0.15, -0.1) is 0 Å². The summed E-state index contributed by atoms with van der Waals surface area (Å²) >= 11 is 0. The average molecular weight is 238 g/mol. The summed E-state index contributed by atoms with van der Waals surface area (Å²) in [5.41, 5.74) is 0.384. The molecule has 0 radical (unpaired) electrons. The van der Waals surface area contributed by atoms with Crippen LogP contribution in [0.5, 0.6) is 0 Å². The molecule has 17 heavy (non-hydrogen) atoms. The predicted octanol–water partition coefficient (Wildman–Crippen LogP) is 1.63. The largest absolute Gasteiger partial charge is 0.381 e. The summed E-state index contributed by atoms with van der Waals surface area (Å²) in [5, 5.41) is 3.82. The van der Waals surface area contributed by atoms with Gasteiger partial charge in [0.15, 0.2) is 0 Å². The van der Waals surface area contributed by atoms with Gasteiger partial charge in [0.05, 0.1) is 0 Å². The van der Waals surface area contributed by atoms with Crippen molar-refractivity contribution in [2.45, 2.75) is 50.6 Å². The van der Waals surface area contributed by atoms with E-state index in [0.29, 0.717) is 5.54 Å². The highest BCUT2D eigenvalue weighted by Crippen LogP contribution is 2.41. The van der Waals surface area contributed by atoms with E-state index in [2.05, 4.69) is 17.1 Å². The number of rotatable bonds is 2.